The second kappa shape index (κ2) is 8.71. The molecule has 5 nitrogen and oxygen atoms in total. The van der Waals surface area contributed by atoms with Gasteiger partial charge in [-0.25, -0.2) is 0 Å². The number of benzene rings is 2. The molecule has 124 valence electrons. The van der Waals surface area contributed by atoms with Crippen molar-refractivity contribution in [1.29, 1.82) is 5.26 Å². The second-order valence-electron chi connectivity index (χ2n) is 4.67. The van der Waals surface area contributed by atoms with E-state index < -0.39 is 0 Å². The summed E-state index contributed by atoms with van der Waals surface area (Å²) >= 11 is 6.73. The number of nitrogens with one attached hydrogen (secondary N) is 1. The molecule has 0 saturated carbocycles. The lowest BCUT2D eigenvalue weighted by molar-refractivity contribution is -0.118. The van der Waals surface area contributed by atoms with Crippen molar-refractivity contribution in [3.8, 4) is 17.6 Å². The molecule has 0 heterocycles. The normalized spacial score (nSPS) is 9.92. The smallest absolute Gasteiger partial charge is 0.262 e. The number of nitriles is 1. The van der Waals surface area contributed by atoms with Gasteiger partial charge in [0.1, 0.15) is 0 Å². The van der Waals surface area contributed by atoms with E-state index in [0.717, 1.165) is 8.95 Å². The highest BCUT2D eigenvalue weighted by Gasteiger charge is 2.11. The van der Waals surface area contributed by atoms with Gasteiger partial charge in [0.25, 0.3) is 5.91 Å². The molecule has 0 bridgehead atoms. The van der Waals surface area contributed by atoms with Crippen LogP contribution in [0.25, 0.3) is 0 Å². The molecule has 7 heteroatoms. The Labute approximate surface area is 156 Å². The zero-order chi connectivity index (χ0) is 17.5. The SMILES string of the molecule is CCOc1cc(C#N)ccc1OCC(=O)Nc1cc(Br)ccc1Br. The van der Waals surface area contributed by atoms with Gasteiger partial charge in [-0.05, 0) is 53.2 Å². The van der Waals surface area contributed by atoms with E-state index in [1.807, 2.05) is 25.1 Å². The average molecular weight is 454 g/mol. The fourth-order valence-electron chi connectivity index (χ4n) is 1.89. The first-order valence-corrected chi connectivity index (χ1v) is 8.66. The number of anilines is 1. The van der Waals surface area contributed by atoms with E-state index in [-0.39, 0.29) is 12.5 Å². The molecule has 0 aliphatic rings. The predicted molar refractivity (Wildman–Crippen MR) is 98.3 cm³/mol. The molecular weight excluding hydrogens is 440 g/mol. The Balaban J connectivity index is 2.03. The third-order valence-corrected chi connectivity index (χ3v) is 4.12. The van der Waals surface area contributed by atoms with Crippen LogP contribution in [0.15, 0.2) is 45.3 Å². The number of amides is 1. The number of hydrogen-bond donors (Lipinski definition) is 1. The van der Waals surface area contributed by atoms with Crippen LogP contribution in [0.5, 0.6) is 11.5 Å². The van der Waals surface area contributed by atoms with E-state index in [9.17, 15) is 4.79 Å². The van der Waals surface area contributed by atoms with Gasteiger partial charge in [-0.2, -0.15) is 5.26 Å². The van der Waals surface area contributed by atoms with Crippen LogP contribution in [0.1, 0.15) is 12.5 Å². The van der Waals surface area contributed by atoms with E-state index in [4.69, 9.17) is 14.7 Å². The Morgan fingerprint density at radius 3 is 2.67 bits per heavy atom. The van der Waals surface area contributed by atoms with E-state index in [1.54, 1.807) is 24.3 Å². The Bertz CT molecular complexity index is 788. The molecule has 0 atom stereocenters. The van der Waals surface area contributed by atoms with Crippen molar-refractivity contribution in [1.82, 2.24) is 0 Å². The van der Waals surface area contributed by atoms with Crippen LogP contribution < -0.4 is 14.8 Å². The molecule has 0 saturated heterocycles. The Hall–Kier alpha value is -2.04. The predicted octanol–water partition coefficient (Wildman–Crippen LogP) is 4.50. The first kappa shape index (κ1) is 18.3. The van der Waals surface area contributed by atoms with Gasteiger partial charge in [-0.1, -0.05) is 15.9 Å². The number of carbonyl (C=O) groups excluding carboxylic acids is 1. The molecule has 0 unspecified atom stereocenters. The first-order valence-electron chi connectivity index (χ1n) is 7.08. The quantitative estimate of drug-likeness (QED) is 0.698. The summed E-state index contributed by atoms with van der Waals surface area (Å²) < 4.78 is 12.6. The number of nitrogens with zero attached hydrogens (tertiary/aromatic N) is 1. The van der Waals surface area contributed by atoms with Gasteiger partial charge in [-0.3, -0.25) is 4.79 Å². The van der Waals surface area contributed by atoms with Crippen LogP contribution in [-0.4, -0.2) is 19.1 Å². The standard InChI is InChI=1S/C17H14Br2N2O3/c1-2-23-16-7-11(9-20)3-6-15(16)24-10-17(22)21-14-8-12(18)4-5-13(14)19/h3-8H,2,10H2,1H3,(H,21,22). The number of ether oxygens (including phenoxy) is 2. The summed E-state index contributed by atoms with van der Waals surface area (Å²) in [6, 6.07) is 12.3. The third kappa shape index (κ3) is 4.98. The number of carbonyl (C=O) groups is 1. The van der Waals surface area contributed by atoms with Crippen molar-refractivity contribution in [2.45, 2.75) is 6.92 Å². The molecule has 0 aliphatic carbocycles. The summed E-state index contributed by atoms with van der Waals surface area (Å²) in [6.07, 6.45) is 0. The minimum Gasteiger partial charge on any atom is -0.490 e. The van der Waals surface area contributed by atoms with E-state index >= 15 is 0 Å². The first-order chi connectivity index (χ1) is 11.5. The van der Waals surface area contributed by atoms with Gasteiger partial charge in [0.05, 0.1) is 23.9 Å². The molecule has 0 radical (unpaired) electrons. The molecule has 2 aromatic carbocycles. The monoisotopic (exact) mass is 452 g/mol. The maximum atomic E-state index is 12.1. The van der Waals surface area contributed by atoms with Gasteiger partial charge in [0.15, 0.2) is 18.1 Å². The summed E-state index contributed by atoms with van der Waals surface area (Å²) in [5, 5.41) is 11.7. The van der Waals surface area contributed by atoms with Gasteiger partial charge in [0.2, 0.25) is 0 Å². The van der Waals surface area contributed by atoms with Crippen LogP contribution >= 0.6 is 31.9 Å². The highest BCUT2D eigenvalue weighted by atomic mass is 79.9. The number of rotatable bonds is 6. The topological polar surface area (TPSA) is 71.3 Å². The van der Waals surface area contributed by atoms with Crippen molar-refractivity contribution in [3.05, 3.63) is 50.9 Å². The van der Waals surface area contributed by atoms with Gasteiger partial charge in [0, 0.05) is 15.0 Å². The Morgan fingerprint density at radius 1 is 1.17 bits per heavy atom. The lowest BCUT2D eigenvalue weighted by Gasteiger charge is -2.12. The van der Waals surface area contributed by atoms with E-state index in [2.05, 4.69) is 37.2 Å². The maximum absolute atomic E-state index is 12.1. The second-order valence-corrected chi connectivity index (χ2v) is 6.44. The number of halogens is 2. The molecule has 2 aromatic rings. The highest BCUT2D eigenvalue weighted by Crippen LogP contribution is 2.29. The zero-order valence-electron chi connectivity index (χ0n) is 12.8. The van der Waals surface area contributed by atoms with Crippen molar-refractivity contribution < 1.29 is 14.3 Å². The molecule has 0 fully saturated rings. The molecule has 24 heavy (non-hydrogen) atoms. The average Bonchev–Trinajstić information content (AvgIpc) is 2.57. The molecule has 1 amide bonds. The van der Waals surface area contributed by atoms with Crippen LogP contribution in [0.3, 0.4) is 0 Å². The summed E-state index contributed by atoms with van der Waals surface area (Å²) in [4.78, 5) is 12.1. The van der Waals surface area contributed by atoms with Gasteiger partial charge >= 0.3 is 0 Å². The zero-order valence-corrected chi connectivity index (χ0v) is 16.0. The minimum atomic E-state index is -0.305. The molecule has 0 spiro atoms. The van der Waals surface area contributed by atoms with E-state index in [1.165, 1.54) is 0 Å². The number of hydrogen-bond acceptors (Lipinski definition) is 4. The van der Waals surface area contributed by atoms with E-state index in [0.29, 0.717) is 29.4 Å². The lowest BCUT2D eigenvalue weighted by atomic mass is 10.2. The summed E-state index contributed by atoms with van der Waals surface area (Å²) in [5.74, 6) is 0.549. The van der Waals surface area contributed by atoms with Crippen LogP contribution in [0, 0.1) is 11.3 Å². The summed E-state index contributed by atoms with van der Waals surface area (Å²) in [7, 11) is 0. The van der Waals surface area contributed by atoms with Gasteiger partial charge < -0.3 is 14.8 Å². The highest BCUT2D eigenvalue weighted by molar-refractivity contribution is 9.11. The molecule has 0 aliphatic heterocycles. The van der Waals surface area contributed by atoms with Crippen LogP contribution in [0.2, 0.25) is 0 Å². The summed E-state index contributed by atoms with van der Waals surface area (Å²) in [5.41, 5.74) is 1.11. The summed E-state index contributed by atoms with van der Waals surface area (Å²) in [6.45, 7) is 2.09. The maximum Gasteiger partial charge on any atom is 0.262 e. The van der Waals surface area contributed by atoms with Crippen molar-refractivity contribution in [2.24, 2.45) is 0 Å². The van der Waals surface area contributed by atoms with Gasteiger partial charge in [-0.15, -0.1) is 0 Å². The molecule has 0 aromatic heterocycles. The van der Waals surface area contributed by atoms with Crippen molar-refractivity contribution >= 4 is 43.5 Å². The Morgan fingerprint density at radius 2 is 1.96 bits per heavy atom. The fourth-order valence-corrected chi connectivity index (χ4v) is 2.59. The lowest BCUT2D eigenvalue weighted by Crippen LogP contribution is -2.20. The fraction of sp³-hybridized carbons (Fsp3) is 0.176. The van der Waals surface area contributed by atoms with Crippen LogP contribution in [0.4, 0.5) is 5.69 Å². The third-order valence-electron chi connectivity index (χ3n) is 2.93. The van der Waals surface area contributed by atoms with Crippen molar-refractivity contribution in [3.63, 3.8) is 0 Å². The largest absolute Gasteiger partial charge is 0.490 e. The van der Waals surface area contributed by atoms with Crippen LogP contribution in [-0.2, 0) is 4.79 Å². The molecule has 2 rings (SSSR count). The molecule has 1 N–H and O–H groups in total. The minimum absolute atomic E-state index is 0.176. The Kier molecular flexibility index (Phi) is 6.64. The molecular formula is C17H14Br2N2O3. The van der Waals surface area contributed by atoms with Crippen molar-refractivity contribution in [2.75, 3.05) is 18.5 Å².